The zero-order chi connectivity index (χ0) is 12.4. The highest BCUT2D eigenvalue weighted by molar-refractivity contribution is 6.30. The Bertz CT molecular complexity index is 517. The largest absolute Gasteiger partial charge is 0.396 e. The normalized spacial score (nSPS) is 10.8. The van der Waals surface area contributed by atoms with Gasteiger partial charge in [-0.1, -0.05) is 11.6 Å². The van der Waals surface area contributed by atoms with Gasteiger partial charge in [-0.15, -0.1) is 0 Å². The van der Waals surface area contributed by atoms with Crippen LogP contribution < -0.4 is 0 Å². The van der Waals surface area contributed by atoms with Crippen molar-refractivity contribution in [2.75, 3.05) is 6.61 Å². The second-order valence-electron chi connectivity index (χ2n) is 4.01. The highest BCUT2D eigenvalue weighted by Crippen LogP contribution is 2.23. The lowest BCUT2D eigenvalue weighted by Crippen LogP contribution is -2.02. The van der Waals surface area contributed by atoms with E-state index in [9.17, 15) is 0 Å². The number of aliphatic hydroxyl groups excluding tert-OH is 1. The predicted octanol–water partition coefficient (Wildman–Crippen LogP) is 2.58. The van der Waals surface area contributed by atoms with Crippen LogP contribution in [0.3, 0.4) is 0 Å². The van der Waals surface area contributed by atoms with Gasteiger partial charge in [0.2, 0.25) is 0 Å². The van der Waals surface area contributed by atoms with Crippen molar-refractivity contribution in [3.05, 3.63) is 40.7 Å². The van der Waals surface area contributed by atoms with Crippen LogP contribution in [0.5, 0.6) is 0 Å². The lowest BCUT2D eigenvalue weighted by Gasteiger charge is -2.05. The van der Waals surface area contributed by atoms with Gasteiger partial charge in [0.1, 0.15) is 5.82 Å². The van der Waals surface area contributed by atoms with Crippen molar-refractivity contribution in [3.63, 3.8) is 0 Å². The molecular formula is C13H15ClN2O. The van der Waals surface area contributed by atoms with E-state index >= 15 is 0 Å². The first-order chi connectivity index (χ1) is 8.13. The highest BCUT2D eigenvalue weighted by Gasteiger charge is 2.12. The molecule has 1 N–H and O–H groups in total. The molecule has 0 spiro atoms. The van der Waals surface area contributed by atoms with Gasteiger partial charge in [0.05, 0.1) is 5.69 Å². The molecule has 4 heteroatoms. The van der Waals surface area contributed by atoms with E-state index in [-0.39, 0.29) is 6.61 Å². The van der Waals surface area contributed by atoms with Gasteiger partial charge in [-0.25, -0.2) is 4.98 Å². The summed E-state index contributed by atoms with van der Waals surface area (Å²) < 4.78 is 2.02. The molecule has 0 aliphatic carbocycles. The number of halogens is 1. The Morgan fingerprint density at radius 2 is 1.94 bits per heavy atom. The molecule has 0 atom stereocenters. The molecule has 0 fully saturated rings. The summed E-state index contributed by atoms with van der Waals surface area (Å²) in [5.41, 5.74) is 3.06. The van der Waals surface area contributed by atoms with Crippen molar-refractivity contribution in [1.82, 2.24) is 9.55 Å². The Morgan fingerprint density at radius 1 is 1.29 bits per heavy atom. The Balaban J connectivity index is 2.46. The first-order valence-electron chi connectivity index (χ1n) is 5.52. The van der Waals surface area contributed by atoms with Crippen LogP contribution in [0, 0.1) is 6.92 Å². The number of hydrogen-bond donors (Lipinski definition) is 1. The van der Waals surface area contributed by atoms with Gasteiger partial charge in [-0.05, 0) is 31.2 Å². The Kier molecular flexibility index (Phi) is 3.50. The smallest absolute Gasteiger partial charge is 0.140 e. The fourth-order valence-corrected chi connectivity index (χ4v) is 2.11. The van der Waals surface area contributed by atoms with E-state index in [0.717, 1.165) is 27.8 Å². The minimum absolute atomic E-state index is 0.139. The van der Waals surface area contributed by atoms with Gasteiger partial charge in [0.25, 0.3) is 0 Å². The number of hydrogen-bond acceptors (Lipinski definition) is 2. The van der Waals surface area contributed by atoms with E-state index in [4.69, 9.17) is 16.7 Å². The maximum absolute atomic E-state index is 9.03. The standard InChI is InChI=1S/C13H15ClN2O/c1-9-12(7-8-17)16(2)13(15-9)10-3-5-11(14)6-4-10/h3-6,17H,7-8H2,1-2H3. The number of aromatic nitrogens is 2. The van der Waals surface area contributed by atoms with Crippen molar-refractivity contribution in [3.8, 4) is 11.4 Å². The van der Waals surface area contributed by atoms with Crippen LogP contribution >= 0.6 is 11.6 Å². The van der Waals surface area contributed by atoms with E-state index < -0.39 is 0 Å². The zero-order valence-corrected chi connectivity index (χ0v) is 10.7. The summed E-state index contributed by atoms with van der Waals surface area (Å²) >= 11 is 5.86. The molecule has 0 unspecified atom stereocenters. The third-order valence-electron chi connectivity index (χ3n) is 2.86. The monoisotopic (exact) mass is 250 g/mol. The molecule has 0 saturated heterocycles. The van der Waals surface area contributed by atoms with Gasteiger partial charge in [0.15, 0.2) is 0 Å². The number of aryl methyl sites for hydroxylation is 1. The van der Waals surface area contributed by atoms with E-state index in [2.05, 4.69) is 4.98 Å². The lowest BCUT2D eigenvalue weighted by atomic mass is 10.2. The third kappa shape index (κ3) is 2.35. The molecule has 0 saturated carbocycles. The van der Waals surface area contributed by atoms with Crippen LogP contribution in [0.2, 0.25) is 5.02 Å². The topological polar surface area (TPSA) is 38.0 Å². The van der Waals surface area contributed by atoms with Crippen LogP contribution in [0.15, 0.2) is 24.3 Å². The molecule has 1 aromatic carbocycles. The summed E-state index contributed by atoms with van der Waals surface area (Å²) in [6, 6.07) is 7.61. The van der Waals surface area contributed by atoms with Gasteiger partial charge < -0.3 is 9.67 Å². The van der Waals surface area contributed by atoms with Crippen molar-refractivity contribution >= 4 is 11.6 Å². The summed E-state index contributed by atoms with van der Waals surface area (Å²) in [5, 5.41) is 9.74. The van der Waals surface area contributed by atoms with Crippen LogP contribution in [-0.4, -0.2) is 21.3 Å². The van der Waals surface area contributed by atoms with Crippen molar-refractivity contribution in [2.45, 2.75) is 13.3 Å². The molecule has 0 radical (unpaired) electrons. The van der Waals surface area contributed by atoms with Gasteiger partial charge >= 0.3 is 0 Å². The van der Waals surface area contributed by atoms with Crippen LogP contribution in [0.1, 0.15) is 11.4 Å². The van der Waals surface area contributed by atoms with Gasteiger partial charge in [0, 0.05) is 36.4 Å². The first kappa shape index (κ1) is 12.1. The average Bonchev–Trinajstić information content (AvgIpc) is 2.59. The van der Waals surface area contributed by atoms with Gasteiger partial charge in [-0.3, -0.25) is 0 Å². The third-order valence-corrected chi connectivity index (χ3v) is 3.12. The van der Waals surface area contributed by atoms with E-state index in [1.807, 2.05) is 42.8 Å². The summed E-state index contributed by atoms with van der Waals surface area (Å²) in [6.45, 7) is 2.10. The molecule has 0 aliphatic rings. The van der Waals surface area contributed by atoms with Crippen LogP contribution in [0.25, 0.3) is 11.4 Å². The van der Waals surface area contributed by atoms with Gasteiger partial charge in [-0.2, -0.15) is 0 Å². The maximum Gasteiger partial charge on any atom is 0.140 e. The number of rotatable bonds is 3. The molecular weight excluding hydrogens is 236 g/mol. The molecule has 17 heavy (non-hydrogen) atoms. The Hall–Kier alpha value is -1.32. The SMILES string of the molecule is Cc1nc(-c2ccc(Cl)cc2)n(C)c1CCO. The van der Waals surface area contributed by atoms with Crippen LogP contribution in [0.4, 0.5) is 0 Å². The number of aliphatic hydroxyl groups is 1. The minimum Gasteiger partial charge on any atom is -0.396 e. The molecule has 2 rings (SSSR count). The fourth-order valence-electron chi connectivity index (χ4n) is 1.98. The van der Waals surface area contributed by atoms with Crippen LogP contribution in [-0.2, 0) is 13.5 Å². The summed E-state index contributed by atoms with van der Waals surface area (Å²) in [7, 11) is 1.97. The molecule has 0 amide bonds. The molecule has 0 bridgehead atoms. The molecule has 3 nitrogen and oxygen atoms in total. The Morgan fingerprint density at radius 3 is 2.53 bits per heavy atom. The van der Waals surface area contributed by atoms with E-state index in [0.29, 0.717) is 6.42 Å². The lowest BCUT2D eigenvalue weighted by molar-refractivity contribution is 0.296. The molecule has 1 heterocycles. The number of nitrogens with zero attached hydrogens (tertiary/aromatic N) is 2. The zero-order valence-electron chi connectivity index (χ0n) is 9.94. The second kappa shape index (κ2) is 4.90. The van der Waals surface area contributed by atoms with Crippen molar-refractivity contribution in [1.29, 1.82) is 0 Å². The predicted molar refractivity (Wildman–Crippen MR) is 69.2 cm³/mol. The summed E-state index contributed by atoms with van der Waals surface area (Å²) in [4.78, 5) is 4.54. The summed E-state index contributed by atoms with van der Waals surface area (Å²) in [5.74, 6) is 0.905. The first-order valence-corrected chi connectivity index (χ1v) is 5.90. The molecule has 2 aromatic rings. The quantitative estimate of drug-likeness (QED) is 0.909. The Labute approximate surface area is 106 Å². The van der Waals surface area contributed by atoms with E-state index in [1.165, 1.54) is 0 Å². The highest BCUT2D eigenvalue weighted by atomic mass is 35.5. The average molecular weight is 251 g/mol. The molecule has 1 aromatic heterocycles. The van der Waals surface area contributed by atoms with Crippen molar-refractivity contribution < 1.29 is 5.11 Å². The number of imidazole rings is 1. The minimum atomic E-state index is 0.139. The maximum atomic E-state index is 9.03. The second-order valence-corrected chi connectivity index (χ2v) is 4.44. The fraction of sp³-hybridized carbons (Fsp3) is 0.308. The summed E-state index contributed by atoms with van der Waals surface area (Å²) in [6.07, 6.45) is 0.628. The molecule has 0 aliphatic heterocycles. The van der Waals surface area contributed by atoms with Crippen molar-refractivity contribution in [2.24, 2.45) is 7.05 Å². The number of benzene rings is 1. The molecule has 90 valence electrons. The van der Waals surface area contributed by atoms with E-state index in [1.54, 1.807) is 0 Å².